The van der Waals surface area contributed by atoms with E-state index in [0.717, 1.165) is 51.4 Å². The number of fused-ring (bicyclic) bond motifs is 3. The number of carbonyl (C=O) groups is 1. The van der Waals surface area contributed by atoms with Gasteiger partial charge in [-0.1, -0.05) is 71.7 Å². The number of anilines is 1. The molecule has 190 valence electrons. The van der Waals surface area contributed by atoms with Crippen molar-refractivity contribution in [3.63, 3.8) is 0 Å². The van der Waals surface area contributed by atoms with Crippen LogP contribution in [0.2, 0.25) is 10.0 Å². The van der Waals surface area contributed by atoms with Gasteiger partial charge in [-0.3, -0.25) is 4.79 Å². The molecule has 1 amide bonds. The van der Waals surface area contributed by atoms with Gasteiger partial charge in [0.1, 0.15) is 0 Å². The second-order valence-electron chi connectivity index (χ2n) is 9.54. The van der Waals surface area contributed by atoms with E-state index in [1.54, 1.807) is 0 Å². The number of hydrogen-bond acceptors (Lipinski definition) is 3. The molecule has 7 heteroatoms. The maximum atomic E-state index is 12.9. The van der Waals surface area contributed by atoms with Gasteiger partial charge in [0.05, 0.1) is 10.0 Å². The average molecular weight is 545 g/mol. The molecule has 0 saturated carbocycles. The molecule has 0 bridgehead atoms. The number of hydrogen-bond donors (Lipinski definition) is 0. The summed E-state index contributed by atoms with van der Waals surface area (Å²) in [5.41, 5.74) is 6.65. The van der Waals surface area contributed by atoms with Gasteiger partial charge in [-0.2, -0.15) is 0 Å². The number of amides is 1. The number of benzene rings is 3. The summed E-state index contributed by atoms with van der Waals surface area (Å²) in [6.07, 6.45) is 1.61. The van der Waals surface area contributed by atoms with Gasteiger partial charge >= 0.3 is 0 Å². The van der Waals surface area contributed by atoms with E-state index in [-0.39, 0.29) is 18.3 Å². The number of halogens is 3. The second-order valence-corrected chi connectivity index (χ2v) is 10.3. The Morgan fingerprint density at radius 1 is 0.861 bits per heavy atom. The SMILES string of the molecule is CN(CCC(=O)N1CCN(c2ccc(Cl)c(Cl)c2)CC1)CCC1c2ccccc2-c2ccccc21.Cl. The minimum atomic E-state index is 0. The molecule has 1 saturated heterocycles. The molecule has 4 nitrogen and oxygen atoms in total. The minimum absolute atomic E-state index is 0. The molecule has 0 unspecified atom stereocenters. The summed E-state index contributed by atoms with van der Waals surface area (Å²) in [5.74, 6) is 0.664. The van der Waals surface area contributed by atoms with Crippen molar-refractivity contribution < 1.29 is 4.79 Å². The fraction of sp³-hybridized carbons (Fsp3) is 0.345. The first-order valence-corrected chi connectivity index (χ1v) is 13.1. The van der Waals surface area contributed by atoms with Gasteiger partial charge < -0.3 is 14.7 Å². The van der Waals surface area contributed by atoms with Crippen LogP contribution in [-0.4, -0.2) is 62.0 Å². The van der Waals surface area contributed by atoms with Crippen LogP contribution in [0.25, 0.3) is 11.1 Å². The van der Waals surface area contributed by atoms with Gasteiger partial charge in [0.15, 0.2) is 0 Å². The molecule has 1 heterocycles. The van der Waals surface area contributed by atoms with Crippen molar-refractivity contribution in [2.75, 3.05) is 51.2 Å². The molecule has 0 N–H and O–H groups in total. The van der Waals surface area contributed by atoms with Gasteiger partial charge in [0.2, 0.25) is 5.91 Å². The first-order valence-electron chi connectivity index (χ1n) is 12.4. The molecular weight excluding hydrogens is 513 g/mol. The van der Waals surface area contributed by atoms with Crippen LogP contribution in [0, 0.1) is 0 Å². The highest BCUT2D eigenvalue weighted by Gasteiger charge is 2.28. The highest BCUT2D eigenvalue weighted by Crippen LogP contribution is 2.46. The van der Waals surface area contributed by atoms with Crippen LogP contribution in [-0.2, 0) is 4.79 Å². The quantitative estimate of drug-likeness (QED) is 0.336. The van der Waals surface area contributed by atoms with Crippen LogP contribution in [0.3, 0.4) is 0 Å². The van der Waals surface area contributed by atoms with E-state index < -0.39 is 0 Å². The van der Waals surface area contributed by atoms with E-state index in [9.17, 15) is 4.79 Å². The van der Waals surface area contributed by atoms with Crippen molar-refractivity contribution in [3.05, 3.63) is 87.9 Å². The maximum absolute atomic E-state index is 12.9. The van der Waals surface area contributed by atoms with E-state index in [2.05, 4.69) is 65.4 Å². The second kappa shape index (κ2) is 11.9. The van der Waals surface area contributed by atoms with Crippen LogP contribution in [0.4, 0.5) is 5.69 Å². The minimum Gasteiger partial charge on any atom is -0.368 e. The number of rotatable bonds is 7. The fourth-order valence-electron chi connectivity index (χ4n) is 5.37. The highest BCUT2D eigenvalue weighted by molar-refractivity contribution is 6.42. The molecule has 5 rings (SSSR count). The Labute approximate surface area is 230 Å². The normalized spacial score (nSPS) is 15.0. The molecule has 1 aliphatic carbocycles. The predicted octanol–water partition coefficient (Wildman–Crippen LogP) is 6.59. The van der Waals surface area contributed by atoms with Gasteiger partial charge in [0, 0.05) is 50.7 Å². The summed E-state index contributed by atoms with van der Waals surface area (Å²) in [4.78, 5) is 19.4. The Kier molecular flexibility index (Phi) is 8.84. The zero-order valence-corrected chi connectivity index (χ0v) is 22.8. The molecule has 0 aromatic heterocycles. The molecule has 3 aromatic rings. The van der Waals surface area contributed by atoms with Crippen molar-refractivity contribution in [2.45, 2.75) is 18.8 Å². The average Bonchev–Trinajstić information content (AvgIpc) is 3.21. The summed E-state index contributed by atoms with van der Waals surface area (Å²) in [7, 11) is 2.13. The van der Waals surface area contributed by atoms with Gasteiger partial charge in [0.25, 0.3) is 0 Å². The standard InChI is InChI=1S/C29H31Cl2N3O.ClH/c1-32(14-12-26-24-8-4-2-6-22(24)23-7-3-5-9-25(23)26)15-13-29(35)34-18-16-33(17-19-34)21-10-11-27(30)28(31)20-21;/h2-11,20,26H,12-19H2,1H3;1H. The summed E-state index contributed by atoms with van der Waals surface area (Å²) < 4.78 is 0. The van der Waals surface area contributed by atoms with Crippen LogP contribution < -0.4 is 4.90 Å². The van der Waals surface area contributed by atoms with Crippen LogP contribution in [0.1, 0.15) is 29.9 Å². The predicted molar refractivity (Wildman–Crippen MR) is 153 cm³/mol. The lowest BCUT2D eigenvalue weighted by molar-refractivity contribution is -0.131. The molecule has 0 atom stereocenters. The molecule has 1 fully saturated rings. The van der Waals surface area contributed by atoms with E-state index in [1.807, 2.05) is 23.1 Å². The van der Waals surface area contributed by atoms with Crippen molar-refractivity contribution in [1.29, 1.82) is 0 Å². The fourth-order valence-corrected chi connectivity index (χ4v) is 5.66. The third-order valence-corrected chi connectivity index (χ3v) is 8.11. The third-order valence-electron chi connectivity index (χ3n) is 7.37. The zero-order valence-electron chi connectivity index (χ0n) is 20.5. The third kappa shape index (κ3) is 5.68. The summed E-state index contributed by atoms with van der Waals surface area (Å²) in [6.45, 7) is 4.82. The van der Waals surface area contributed by atoms with Gasteiger partial charge in [-0.05, 0) is 60.5 Å². The molecular formula is C29H32Cl3N3O. The van der Waals surface area contributed by atoms with E-state index in [1.165, 1.54) is 22.3 Å². The number of nitrogens with zero attached hydrogens (tertiary/aromatic N) is 3. The lowest BCUT2D eigenvalue weighted by atomic mass is 9.93. The lowest BCUT2D eigenvalue weighted by Crippen LogP contribution is -2.49. The Balaban J connectivity index is 0.00000304. The molecule has 1 aliphatic heterocycles. The molecule has 36 heavy (non-hydrogen) atoms. The van der Waals surface area contributed by atoms with Crippen molar-refractivity contribution in [1.82, 2.24) is 9.80 Å². The van der Waals surface area contributed by atoms with E-state index in [0.29, 0.717) is 22.4 Å². The van der Waals surface area contributed by atoms with Gasteiger partial charge in [-0.15, -0.1) is 12.4 Å². The lowest BCUT2D eigenvalue weighted by Gasteiger charge is -2.36. The van der Waals surface area contributed by atoms with Crippen LogP contribution in [0.15, 0.2) is 66.7 Å². The Bertz CT molecular complexity index is 1160. The first kappa shape index (κ1) is 26.8. The molecule has 2 aliphatic rings. The topological polar surface area (TPSA) is 26.8 Å². The maximum Gasteiger partial charge on any atom is 0.223 e. The molecule has 0 spiro atoms. The van der Waals surface area contributed by atoms with E-state index in [4.69, 9.17) is 23.2 Å². The largest absolute Gasteiger partial charge is 0.368 e. The van der Waals surface area contributed by atoms with Crippen LogP contribution in [0.5, 0.6) is 0 Å². The first-order chi connectivity index (χ1) is 17.0. The summed E-state index contributed by atoms with van der Waals surface area (Å²) in [6, 6.07) is 23.2. The van der Waals surface area contributed by atoms with E-state index >= 15 is 0 Å². The number of piperazine rings is 1. The molecule has 3 aromatic carbocycles. The summed E-state index contributed by atoms with van der Waals surface area (Å²) >= 11 is 12.2. The summed E-state index contributed by atoms with van der Waals surface area (Å²) in [5, 5.41) is 1.13. The Morgan fingerprint density at radius 3 is 2.08 bits per heavy atom. The van der Waals surface area contributed by atoms with Crippen molar-refractivity contribution >= 4 is 47.2 Å². The highest BCUT2D eigenvalue weighted by atomic mass is 35.5. The Hall–Kier alpha value is -2.24. The van der Waals surface area contributed by atoms with Crippen molar-refractivity contribution in [2.24, 2.45) is 0 Å². The van der Waals surface area contributed by atoms with Crippen molar-refractivity contribution in [3.8, 4) is 11.1 Å². The van der Waals surface area contributed by atoms with Gasteiger partial charge in [-0.25, -0.2) is 0 Å². The monoisotopic (exact) mass is 543 g/mol. The smallest absolute Gasteiger partial charge is 0.223 e. The Morgan fingerprint density at radius 2 is 1.47 bits per heavy atom. The molecule has 0 radical (unpaired) electrons. The number of carbonyl (C=O) groups excluding carboxylic acids is 1. The zero-order chi connectivity index (χ0) is 24.4. The van der Waals surface area contributed by atoms with Crippen LogP contribution >= 0.6 is 35.6 Å².